The molecule has 32 heavy (non-hydrogen) atoms. The van der Waals surface area contributed by atoms with Gasteiger partial charge in [0.15, 0.2) is 9.84 Å². The molecule has 2 aliphatic heterocycles. The topological polar surface area (TPSA) is 110 Å². The molecule has 10 heteroatoms. The minimum Gasteiger partial charge on any atom is -0.378 e. The van der Waals surface area contributed by atoms with Crippen molar-refractivity contribution in [1.82, 2.24) is 0 Å². The summed E-state index contributed by atoms with van der Waals surface area (Å²) in [6, 6.07) is 10.8. The Bertz CT molecular complexity index is 1170. The van der Waals surface area contributed by atoms with Gasteiger partial charge < -0.3 is 14.5 Å². The van der Waals surface area contributed by atoms with Gasteiger partial charge in [0.2, 0.25) is 0 Å². The average molecular weight is 458 g/mol. The second-order valence-electron chi connectivity index (χ2n) is 7.80. The first-order valence-electron chi connectivity index (χ1n) is 10.2. The Kier molecular flexibility index (Phi) is 5.98. The van der Waals surface area contributed by atoms with E-state index in [-0.39, 0.29) is 17.0 Å². The molecule has 0 radical (unpaired) electrons. The van der Waals surface area contributed by atoms with Gasteiger partial charge in [0.25, 0.3) is 11.6 Å². The van der Waals surface area contributed by atoms with Crippen LogP contribution in [0.25, 0.3) is 0 Å². The van der Waals surface area contributed by atoms with Gasteiger partial charge in [-0.1, -0.05) is 17.7 Å². The summed E-state index contributed by atoms with van der Waals surface area (Å²) in [4.78, 5) is 28.1. The molecule has 0 aromatic heterocycles. The van der Waals surface area contributed by atoms with Crippen LogP contribution < -0.4 is 9.80 Å². The Hall–Kier alpha value is -3.24. The van der Waals surface area contributed by atoms with Crippen LogP contribution in [0.4, 0.5) is 17.1 Å². The summed E-state index contributed by atoms with van der Waals surface area (Å²) in [6.07, 6.45) is 1.48. The second kappa shape index (κ2) is 8.71. The maximum atomic E-state index is 13.5. The largest absolute Gasteiger partial charge is 0.378 e. The number of nitro benzene ring substituents is 1. The predicted octanol–water partition coefficient (Wildman–Crippen LogP) is 2.70. The molecule has 0 spiro atoms. The molecule has 1 fully saturated rings. The van der Waals surface area contributed by atoms with E-state index in [0.29, 0.717) is 37.7 Å². The summed E-state index contributed by atoms with van der Waals surface area (Å²) in [7, 11) is -3.42. The number of hydrogen-bond acceptors (Lipinski definition) is 7. The van der Waals surface area contributed by atoms with Crippen molar-refractivity contribution in [2.45, 2.75) is 13.0 Å². The van der Waals surface area contributed by atoms with Crippen molar-refractivity contribution in [3.8, 4) is 0 Å². The molecule has 2 aromatic carbocycles. The monoisotopic (exact) mass is 457 g/mol. The molecule has 2 aliphatic rings. The second-order valence-corrected chi connectivity index (χ2v) is 9.73. The fraction of sp³-hybridized carbons (Fsp3) is 0.318. The lowest BCUT2D eigenvalue weighted by Crippen LogP contribution is -2.41. The predicted molar refractivity (Wildman–Crippen MR) is 121 cm³/mol. The molecule has 4 rings (SSSR count). The number of carbonyl (C=O) groups is 1. The highest BCUT2D eigenvalue weighted by Crippen LogP contribution is 2.32. The van der Waals surface area contributed by atoms with E-state index in [1.54, 1.807) is 24.3 Å². The van der Waals surface area contributed by atoms with Crippen LogP contribution in [0.3, 0.4) is 0 Å². The van der Waals surface area contributed by atoms with Gasteiger partial charge in [-0.2, -0.15) is 0 Å². The first-order chi connectivity index (χ1) is 15.2. The van der Waals surface area contributed by atoms with Gasteiger partial charge in [0.1, 0.15) is 5.69 Å². The van der Waals surface area contributed by atoms with Crippen molar-refractivity contribution in [2.75, 3.05) is 41.9 Å². The van der Waals surface area contributed by atoms with Crippen LogP contribution in [0.2, 0.25) is 0 Å². The number of morpholine rings is 1. The van der Waals surface area contributed by atoms with E-state index < -0.39 is 26.7 Å². The minimum atomic E-state index is -3.42. The molecule has 168 valence electrons. The van der Waals surface area contributed by atoms with E-state index >= 15 is 0 Å². The highest BCUT2D eigenvalue weighted by atomic mass is 32.2. The molecule has 2 heterocycles. The van der Waals surface area contributed by atoms with Crippen molar-refractivity contribution in [3.05, 3.63) is 75.2 Å². The lowest BCUT2D eigenvalue weighted by atomic mass is 10.1. The molecular formula is C22H23N3O6S. The highest BCUT2D eigenvalue weighted by molar-refractivity contribution is 7.94. The Morgan fingerprint density at radius 2 is 1.84 bits per heavy atom. The van der Waals surface area contributed by atoms with Gasteiger partial charge >= 0.3 is 0 Å². The number of ether oxygens (including phenoxy) is 1. The average Bonchev–Trinajstić information content (AvgIpc) is 3.14. The Morgan fingerprint density at radius 1 is 1.16 bits per heavy atom. The van der Waals surface area contributed by atoms with E-state index in [2.05, 4.69) is 0 Å². The summed E-state index contributed by atoms with van der Waals surface area (Å²) >= 11 is 0. The van der Waals surface area contributed by atoms with Crippen LogP contribution >= 0.6 is 0 Å². The molecule has 1 unspecified atom stereocenters. The number of amides is 1. The van der Waals surface area contributed by atoms with Gasteiger partial charge in [0, 0.05) is 35.8 Å². The number of benzene rings is 2. The van der Waals surface area contributed by atoms with E-state index in [9.17, 15) is 23.3 Å². The number of rotatable bonds is 5. The fourth-order valence-electron chi connectivity index (χ4n) is 3.90. The van der Waals surface area contributed by atoms with Crippen LogP contribution in [-0.4, -0.2) is 57.3 Å². The number of anilines is 2. The zero-order chi connectivity index (χ0) is 22.9. The SMILES string of the molecule is Cc1ccc(N(C(=O)c2ccc(N3CCOCC3)c([N+](=O)[O-])c2)C2C=CS(=O)(=O)C2)cc1. The Balaban J connectivity index is 1.73. The standard InChI is InChI=1S/C22H23N3O6S/c1-16-2-5-18(6-3-16)24(19-8-13-32(29,30)15-19)22(26)17-4-7-20(21(14-17)25(27)28)23-9-11-31-12-10-23/h2-8,13-14,19H,9-12,15H2,1H3. The van der Waals surface area contributed by atoms with Gasteiger partial charge in [-0.3, -0.25) is 14.9 Å². The number of sulfone groups is 1. The molecule has 0 saturated carbocycles. The third-order valence-electron chi connectivity index (χ3n) is 5.54. The van der Waals surface area contributed by atoms with Crippen LogP contribution in [0.5, 0.6) is 0 Å². The van der Waals surface area contributed by atoms with Gasteiger partial charge in [0.05, 0.1) is 29.9 Å². The molecule has 1 amide bonds. The summed E-state index contributed by atoms with van der Waals surface area (Å²) in [5, 5.41) is 12.9. The van der Waals surface area contributed by atoms with Crippen molar-refractivity contribution in [3.63, 3.8) is 0 Å². The molecule has 1 saturated heterocycles. The number of nitro groups is 1. The summed E-state index contributed by atoms with van der Waals surface area (Å²) in [5.41, 5.74) is 1.89. The molecule has 0 aliphatic carbocycles. The molecule has 0 bridgehead atoms. The quantitative estimate of drug-likeness (QED) is 0.501. The van der Waals surface area contributed by atoms with Crippen molar-refractivity contribution < 1.29 is 22.9 Å². The maximum absolute atomic E-state index is 13.5. The normalized spacial score (nSPS) is 19.7. The van der Waals surface area contributed by atoms with Crippen LogP contribution in [-0.2, 0) is 14.6 Å². The van der Waals surface area contributed by atoms with Crippen LogP contribution in [0.1, 0.15) is 15.9 Å². The van der Waals surface area contributed by atoms with Crippen LogP contribution in [0, 0.1) is 17.0 Å². The fourth-order valence-corrected chi connectivity index (χ4v) is 5.17. The molecule has 2 aromatic rings. The zero-order valence-corrected chi connectivity index (χ0v) is 18.3. The van der Waals surface area contributed by atoms with E-state index in [1.165, 1.54) is 17.0 Å². The smallest absolute Gasteiger partial charge is 0.293 e. The van der Waals surface area contributed by atoms with Crippen LogP contribution in [0.15, 0.2) is 53.9 Å². The van der Waals surface area contributed by atoms with Gasteiger partial charge in [-0.15, -0.1) is 0 Å². The van der Waals surface area contributed by atoms with Gasteiger partial charge in [-0.05, 0) is 37.3 Å². The highest BCUT2D eigenvalue weighted by Gasteiger charge is 2.33. The number of aryl methyl sites for hydroxylation is 1. The maximum Gasteiger partial charge on any atom is 0.293 e. The number of hydrogen-bond donors (Lipinski definition) is 0. The lowest BCUT2D eigenvalue weighted by Gasteiger charge is -2.29. The first-order valence-corrected chi connectivity index (χ1v) is 11.9. The van der Waals surface area contributed by atoms with Gasteiger partial charge in [-0.25, -0.2) is 8.42 Å². The van der Waals surface area contributed by atoms with Crippen molar-refractivity contribution in [1.29, 1.82) is 0 Å². The van der Waals surface area contributed by atoms with E-state index in [1.807, 2.05) is 24.0 Å². The minimum absolute atomic E-state index is 0.118. The number of carbonyl (C=O) groups excluding carboxylic acids is 1. The molecule has 1 atom stereocenters. The van der Waals surface area contributed by atoms with Crippen molar-refractivity contribution in [2.24, 2.45) is 0 Å². The number of nitrogens with zero attached hydrogens (tertiary/aromatic N) is 3. The summed E-state index contributed by atoms with van der Waals surface area (Å²) < 4.78 is 29.4. The molecule has 9 nitrogen and oxygen atoms in total. The summed E-state index contributed by atoms with van der Waals surface area (Å²) in [6.45, 7) is 3.90. The lowest BCUT2D eigenvalue weighted by molar-refractivity contribution is -0.384. The molecular weight excluding hydrogens is 434 g/mol. The third-order valence-corrected chi connectivity index (χ3v) is 6.92. The van der Waals surface area contributed by atoms with E-state index in [0.717, 1.165) is 11.0 Å². The van der Waals surface area contributed by atoms with E-state index in [4.69, 9.17) is 4.74 Å². The summed E-state index contributed by atoms with van der Waals surface area (Å²) in [5.74, 6) is -0.738. The Labute approximate surface area is 186 Å². The van der Waals surface area contributed by atoms with Crippen molar-refractivity contribution >= 4 is 32.8 Å². The first kappa shape index (κ1) is 22.0. The third kappa shape index (κ3) is 4.51. The Morgan fingerprint density at radius 3 is 2.44 bits per heavy atom. The molecule has 0 N–H and O–H groups in total. The zero-order valence-electron chi connectivity index (χ0n) is 17.5.